The van der Waals surface area contributed by atoms with E-state index in [1.54, 1.807) is 22.9 Å². The van der Waals surface area contributed by atoms with Crippen molar-refractivity contribution in [2.75, 3.05) is 5.32 Å². The van der Waals surface area contributed by atoms with Gasteiger partial charge in [0.15, 0.2) is 6.10 Å². The van der Waals surface area contributed by atoms with Crippen LogP contribution >= 0.6 is 22.7 Å². The standard InChI is InChI=1S/C20H18N4O2S2/c1-13-11-18(22-19(25)14(2)26-15-7-4-3-5-8-15)24(23-13)20-21-16(12-28-20)17-9-6-10-27-17/h3-12,14H,1-2H3,(H,22,25)/t14-/m0/s1. The number of carbonyl (C=O) groups excluding carboxylic acids is 1. The molecule has 0 radical (unpaired) electrons. The van der Waals surface area contributed by atoms with Crippen molar-refractivity contribution in [3.63, 3.8) is 0 Å². The average Bonchev–Trinajstić information content (AvgIpc) is 3.42. The monoisotopic (exact) mass is 410 g/mol. The van der Waals surface area contributed by atoms with Crippen LogP contribution in [0.15, 0.2) is 59.3 Å². The van der Waals surface area contributed by atoms with Crippen LogP contribution in [-0.2, 0) is 4.79 Å². The number of hydrogen-bond acceptors (Lipinski definition) is 6. The van der Waals surface area contributed by atoms with Gasteiger partial charge in [-0.1, -0.05) is 24.3 Å². The first kappa shape index (κ1) is 18.4. The fourth-order valence-corrected chi connectivity index (χ4v) is 4.17. The fraction of sp³-hybridized carbons (Fsp3) is 0.150. The number of aromatic nitrogens is 3. The molecule has 3 heterocycles. The Morgan fingerprint density at radius 1 is 1.18 bits per heavy atom. The van der Waals surface area contributed by atoms with E-state index in [9.17, 15) is 4.79 Å². The Morgan fingerprint density at radius 3 is 2.75 bits per heavy atom. The van der Waals surface area contributed by atoms with Gasteiger partial charge in [0.2, 0.25) is 5.13 Å². The highest BCUT2D eigenvalue weighted by atomic mass is 32.1. The largest absolute Gasteiger partial charge is 0.481 e. The number of hydrogen-bond donors (Lipinski definition) is 1. The first-order valence-electron chi connectivity index (χ1n) is 8.69. The van der Waals surface area contributed by atoms with Crippen LogP contribution in [0.3, 0.4) is 0 Å². The zero-order valence-corrected chi connectivity index (χ0v) is 17.0. The lowest BCUT2D eigenvalue weighted by Crippen LogP contribution is -2.30. The normalized spacial score (nSPS) is 11.9. The fourth-order valence-electron chi connectivity index (χ4n) is 2.62. The molecule has 0 aliphatic heterocycles. The molecule has 28 heavy (non-hydrogen) atoms. The summed E-state index contributed by atoms with van der Waals surface area (Å²) in [5.74, 6) is 0.966. The molecule has 0 unspecified atom stereocenters. The summed E-state index contributed by atoms with van der Waals surface area (Å²) in [6.45, 7) is 3.60. The second-order valence-electron chi connectivity index (χ2n) is 6.14. The molecule has 3 aromatic heterocycles. The first-order chi connectivity index (χ1) is 13.6. The molecule has 8 heteroatoms. The molecular formula is C20H18N4O2S2. The lowest BCUT2D eigenvalue weighted by molar-refractivity contribution is -0.122. The third-order valence-electron chi connectivity index (χ3n) is 3.95. The number of rotatable bonds is 6. The van der Waals surface area contributed by atoms with E-state index in [0.717, 1.165) is 16.3 Å². The predicted octanol–water partition coefficient (Wildman–Crippen LogP) is 4.77. The van der Waals surface area contributed by atoms with Gasteiger partial charge in [0, 0.05) is 11.4 Å². The van der Waals surface area contributed by atoms with E-state index >= 15 is 0 Å². The van der Waals surface area contributed by atoms with Crippen LogP contribution < -0.4 is 10.1 Å². The first-order valence-corrected chi connectivity index (χ1v) is 10.4. The van der Waals surface area contributed by atoms with Crippen LogP contribution in [0.25, 0.3) is 15.7 Å². The van der Waals surface area contributed by atoms with Crippen molar-refractivity contribution in [2.45, 2.75) is 20.0 Å². The highest BCUT2D eigenvalue weighted by molar-refractivity contribution is 7.15. The number of aryl methyl sites for hydroxylation is 1. The quantitative estimate of drug-likeness (QED) is 0.497. The molecule has 4 rings (SSSR count). The molecule has 0 aliphatic rings. The zero-order chi connectivity index (χ0) is 19.5. The van der Waals surface area contributed by atoms with Crippen LogP contribution in [0.4, 0.5) is 5.82 Å². The molecule has 0 fully saturated rings. The minimum absolute atomic E-state index is 0.250. The number of benzene rings is 1. The van der Waals surface area contributed by atoms with Crippen molar-refractivity contribution in [2.24, 2.45) is 0 Å². The summed E-state index contributed by atoms with van der Waals surface area (Å²) in [6, 6.07) is 15.1. The Balaban J connectivity index is 1.52. The van der Waals surface area contributed by atoms with E-state index in [0.29, 0.717) is 16.7 Å². The Morgan fingerprint density at radius 2 is 2.00 bits per heavy atom. The number of para-hydroxylation sites is 1. The van der Waals surface area contributed by atoms with E-state index in [1.807, 2.05) is 66.2 Å². The molecule has 0 saturated carbocycles. The Hall–Kier alpha value is -2.97. The maximum absolute atomic E-state index is 12.6. The second kappa shape index (κ2) is 7.95. The molecular weight excluding hydrogens is 392 g/mol. The highest BCUT2D eigenvalue weighted by Crippen LogP contribution is 2.29. The second-order valence-corrected chi connectivity index (χ2v) is 7.92. The van der Waals surface area contributed by atoms with E-state index in [-0.39, 0.29) is 5.91 Å². The van der Waals surface area contributed by atoms with Gasteiger partial charge in [-0.05, 0) is 37.4 Å². The van der Waals surface area contributed by atoms with Gasteiger partial charge in [-0.25, -0.2) is 4.98 Å². The Bertz CT molecular complexity index is 1070. The third-order valence-corrected chi connectivity index (χ3v) is 5.66. The minimum atomic E-state index is -0.649. The summed E-state index contributed by atoms with van der Waals surface area (Å²) in [4.78, 5) is 18.4. The maximum Gasteiger partial charge on any atom is 0.266 e. The molecule has 1 atom stereocenters. The van der Waals surface area contributed by atoms with Crippen LogP contribution in [0, 0.1) is 6.92 Å². The lowest BCUT2D eigenvalue weighted by atomic mass is 10.3. The number of ether oxygens (including phenoxy) is 1. The van der Waals surface area contributed by atoms with E-state index < -0.39 is 6.10 Å². The van der Waals surface area contributed by atoms with Gasteiger partial charge in [0.05, 0.1) is 16.3 Å². The van der Waals surface area contributed by atoms with Gasteiger partial charge in [0.25, 0.3) is 5.91 Å². The summed E-state index contributed by atoms with van der Waals surface area (Å²) in [6.07, 6.45) is -0.649. The summed E-state index contributed by atoms with van der Waals surface area (Å²) >= 11 is 3.12. The molecule has 0 aliphatic carbocycles. The molecule has 4 aromatic rings. The topological polar surface area (TPSA) is 69.0 Å². The smallest absolute Gasteiger partial charge is 0.266 e. The van der Waals surface area contributed by atoms with Crippen molar-refractivity contribution < 1.29 is 9.53 Å². The van der Waals surface area contributed by atoms with Crippen LogP contribution in [0.5, 0.6) is 5.75 Å². The summed E-state index contributed by atoms with van der Waals surface area (Å²) < 4.78 is 7.36. The number of thiazole rings is 1. The number of amides is 1. The van der Waals surface area contributed by atoms with Crippen molar-refractivity contribution in [3.05, 3.63) is 65.0 Å². The minimum Gasteiger partial charge on any atom is -0.481 e. The van der Waals surface area contributed by atoms with Gasteiger partial charge in [-0.2, -0.15) is 9.78 Å². The van der Waals surface area contributed by atoms with Crippen LogP contribution in [0.1, 0.15) is 12.6 Å². The van der Waals surface area contributed by atoms with Gasteiger partial charge in [-0.3, -0.25) is 4.79 Å². The molecule has 0 spiro atoms. The predicted molar refractivity (Wildman–Crippen MR) is 112 cm³/mol. The van der Waals surface area contributed by atoms with Crippen molar-refractivity contribution in [1.29, 1.82) is 0 Å². The van der Waals surface area contributed by atoms with Crippen LogP contribution in [-0.4, -0.2) is 26.8 Å². The lowest BCUT2D eigenvalue weighted by Gasteiger charge is -2.14. The summed E-state index contributed by atoms with van der Waals surface area (Å²) in [5, 5.41) is 12.1. The molecule has 0 saturated heterocycles. The van der Waals surface area contributed by atoms with Gasteiger partial charge in [0.1, 0.15) is 11.6 Å². The zero-order valence-electron chi connectivity index (χ0n) is 15.3. The maximum atomic E-state index is 12.6. The van der Waals surface area contributed by atoms with Gasteiger partial charge in [-0.15, -0.1) is 22.7 Å². The molecule has 1 amide bonds. The molecule has 1 N–H and O–H groups in total. The summed E-state index contributed by atoms with van der Waals surface area (Å²) in [7, 11) is 0. The third kappa shape index (κ3) is 3.97. The average molecular weight is 411 g/mol. The van der Waals surface area contributed by atoms with Crippen molar-refractivity contribution in [1.82, 2.24) is 14.8 Å². The van der Waals surface area contributed by atoms with E-state index in [2.05, 4.69) is 15.4 Å². The summed E-state index contributed by atoms with van der Waals surface area (Å²) in [5.41, 5.74) is 1.70. The molecule has 6 nitrogen and oxygen atoms in total. The van der Waals surface area contributed by atoms with Crippen molar-refractivity contribution in [3.8, 4) is 21.5 Å². The number of carbonyl (C=O) groups is 1. The molecule has 1 aromatic carbocycles. The molecule has 0 bridgehead atoms. The number of nitrogens with zero attached hydrogens (tertiary/aromatic N) is 3. The Labute approximate surface area is 170 Å². The molecule has 142 valence electrons. The number of anilines is 1. The van der Waals surface area contributed by atoms with E-state index in [4.69, 9.17) is 4.74 Å². The van der Waals surface area contributed by atoms with Crippen molar-refractivity contribution >= 4 is 34.4 Å². The number of thiophene rings is 1. The highest BCUT2D eigenvalue weighted by Gasteiger charge is 2.19. The van der Waals surface area contributed by atoms with Gasteiger partial charge >= 0.3 is 0 Å². The van der Waals surface area contributed by atoms with E-state index in [1.165, 1.54) is 11.3 Å². The SMILES string of the molecule is Cc1cc(NC(=O)[C@H](C)Oc2ccccc2)n(-c2nc(-c3cccs3)cs2)n1. The number of nitrogens with one attached hydrogen (secondary N) is 1. The van der Waals surface area contributed by atoms with Crippen LogP contribution in [0.2, 0.25) is 0 Å². The Kier molecular flexibility index (Phi) is 5.23. The van der Waals surface area contributed by atoms with Gasteiger partial charge < -0.3 is 10.1 Å².